The van der Waals surface area contributed by atoms with Gasteiger partial charge in [0.2, 0.25) is 15.9 Å². The van der Waals surface area contributed by atoms with Crippen molar-refractivity contribution in [1.82, 2.24) is 14.6 Å². The number of aromatic nitrogens is 1. The summed E-state index contributed by atoms with van der Waals surface area (Å²) in [7, 11) is -3.63. The zero-order valence-corrected chi connectivity index (χ0v) is 17.5. The molecule has 0 aliphatic carbocycles. The zero-order chi connectivity index (χ0) is 21.4. The Morgan fingerprint density at radius 2 is 1.80 bits per heavy atom. The molecule has 1 aromatic heterocycles. The number of amides is 2. The average Bonchev–Trinajstić information content (AvgIpc) is 3.05. The van der Waals surface area contributed by atoms with Crippen LogP contribution in [0.5, 0.6) is 0 Å². The number of hydrogen-bond acceptors (Lipinski definition) is 5. The van der Waals surface area contributed by atoms with Gasteiger partial charge < -0.3 is 10.6 Å². The normalized spacial score (nSPS) is 15.2. The van der Waals surface area contributed by atoms with Crippen molar-refractivity contribution < 1.29 is 18.0 Å². The second kappa shape index (κ2) is 10.3. The molecule has 1 aliphatic heterocycles. The Labute approximate surface area is 176 Å². The molecule has 0 unspecified atom stereocenters. The largest absolute Gasteiger partial charge is 0.352 e. The van der Waals surface area contributed by atoms with Gasteiger partial charge in [-0.15, -0.1) is 0 Å². The molecule has 8 nitrogen and oxygen atoms in total. The Morgan fingerprint density at radius 1 is 1.03 bits per heavy atom. The van der Waals surface area contributed by atoms with E-state index in [1.165, 1.54) is 22.6 Å². The summed E-state index contributed by atoms with van der Waals surface area (Å²) >= 11 is 0. The SMILES string of the molecule is O=C(CCNC(=O)c1cccc(S(=O)(=O)N2CCCCCC2)c1)Nc1cccnc1. The highest BCUT2D eigenvalue weighted by Gasteiger charge is 2.25. The van der Waals surface area contributed by atoms with Crippen molar-refractivity contribution in [2.24, 2.45) is 0 Å². The van der Waals surface area contributed by atoms with Crippen LogP contribution in [0.1, 0.15) is 42.5 Å². The van der Waals surface area contributed by atoms with Crippen molar-refractivity contribution >= 4 is 27.5 Å². The van der Waals surface area contributed by atoms with Gasteiger partial charge in [0.25, 0.3) is 5.91 Å². The molecule has 0 bridgehead atoms. The van der Waals surface area contributed by atoms with Crippen LogP contribution in [0, 0.1) is 0 Å². The average molecular weight is 431 g/mol. The van der Waals surface area contributed by atoms with Crippen LogP contribution in [0.15, 0.2) is 53.7 Å². The molecule has 3 rings (SSSR count). The van der Waals surface area contributed by atoms with Crippen molar-refractivity contribution in [3.63, 3.8) is 0 Å². The van der Waals surface area contributed by atoms with Crippen molar-refractivity contribution in [2.45, 2.75) is 37.0 Å². The fourth-order valence-corrected chi connectivity index (χ4v) is 4.84. The fourth-order valence-electron chi connectivity index (χ4n) is 3.28. The molecule has 0 spiro atoms. The van der Waals surface area contributed by atoms with E-state index in [0.717, 1.165) is 25.7 Å². The smallest absolute Gasteiger partial charge is 0.251 e. The van der Waals surface area contributed by atoms with Gasteiger partial charge in [0.1, 0.15) is 0 Å². The maximum atomic E-state index is 12.9. The molecule has 160 valence electrons. The van der Waals surface area contributed by atoms with E-state index in [9.17, 15) is 18.0 Å². The lowest BCUT2D eigenvalue weighted by molar-refractivity contribution is -0.116. The molecule has 9 heteroatoms. The summed E-state index contributed by atoms with van der Waals surface area (Å²) in [6, 6.07) is 9.47. The molecule has 0 atom stereocenters. The molecule has 30 heavy (non-hydrogen) atoms. The first-order chi connectivity index (χ1) is 14.5. The Kier molecular flexibility index (Phi) is 7.53. The summed E-state index contributed by atoms with van der Waals surface area (Å²) in [4.78, 5) is 28.4. The molecular formula is C21H26N4O4S. The van der Waals surface area contributed by atoms with Gasteiger partial charge in [0, 0.05) is 37.8 Å². The summed E-state index contributed by atoms with van der Waals surface area (Å²) in [5.41, 5.74) is 0.832. The van der Waals surface area contributed by atoms with E-state index in [1.807, 2.05) is 0 Å². The van der Waals surface area contributed by atoms with Crippen LogP contribution in [0.25, 0.3) is 0 Å². The quantitative estimate of drug-likeness (QED) is 0.701. The van der Waals surface area contributed by atoms with Crippen LogP contribution in [0.3, 0.4) is 0 Å². The highest BCUT2D eigenvalue weighted by atomic mass is 32.2. The van der Waals surface area contributed by atoms with Crippen molar-refractivity contribution in [2.75, 3.05) is 25.0 Å². The van der Waals surface area contributed by atoms with Gasteiger partial charge >= 0.3 is 0 Å². The van der Waals surface area contributed by atoms with Crippen LogP contribution in [-0.4, -0.2) is 49.2 Å². The van der Waals surface area contributed by atoms with Crippen LogP contribution >= 0.6 is 0 Å². The molecule has 1 aromatic carbocycles. The fraction of sp³-hybridized carbons (Fsp3) is 0.381. The van der Waals surface area contributed by atoms with E-state index in [4.69, 9.17) is 0 Å². The predicted octanol–water partition coefficient (Wildman–Crippen LogP) is 2.40. The summed E-state index contributed by atoms with van der Waals surface area (Å²) in [5.74, 6) is -0.669. The van der Waals surface area contributed by atoms with Gasteiger partial charge in [-0.3, -0.25) is 14.6 Å². The van der Waals surface area contributed by atoms with E-state index < -0.39 is 15.9 Å². The Hall–Kier alpha value is -2.78. The third-order valence-electron chi connectivity index (χ3n) is 4.88. The number of anilines is 1. The van der Waals surface area contributed by atoms with E-state index in [1.54, 1.807) is 30.5 Å². The number of hydrogen-bond donors (Lipinski definition) is 2. The van der Waals surface area contributed by atoms with Crippen molar-refractivity contribution in [3.8, 4) is 0 Å². The molecule has 1 aliphatic rings. The number of rotatable bonds is 7. The maximum absolute atomic E-state index is 12.9. The second-order valence-electron chi connectivity index (χ2n) is 7.14. The Balaban J connectivity index is 1.57. The lowest BCUT2D eigenvalue weighted by Crippen LogP contribution is -2.32. The number of pyridine rings is 1. The third-order valence-corrected chi connectivity index (χ3v) is 6.78. The third kappa shape index (κ3) is 5.87. The standard InChI is InChI=1S/C21H26N4O4S/c26-20(24-18-8-6-11-22-16-18)10-12-23-21(27)17-7-5-9-19(15-17)30(28,29)25-13-3-1-2-4-14-25/h5-9,11,15-16H,1-4,10,12-14H2,(H,23,27)(H,24,26). The molecule has 2 N–H and O–H groups in total. The van der Waals surface area contributed by atoms with Gasteiger partial charge in [0.15, 0.2) is 0 Å². The molecule has 0 saturated carbocycles. The van der Waals surface area contributed by atoms with Crippen LogP contribution in [0.2, 0.25) is 0 Å². The van der Waals surface area contributed by atoms with Crippen LogP contribution < -0.4 is 10.6 Å². The number of nitrogens with zero attached hydrogens (tertiary/aromatic N) is 2. The molecule has 2 aromatic rings. The highest BCUT2D eigenvalue weighted by molar-refractivity contribution is 7.89. The van der Waals surface area contributed by atoms with Crippen LogP contribution in [0.4, 0.5) is 5.69 Å². The van der Waals surface area contributed by atoms with Gasteiger partial charge in [0.05, 0.1) is 16.8 Å². The van der Waals surface area contributed by atoms with Gasteiger partial charge in [-0.25, -0.2) is 8.42 Å². The van der Waals surface area contributed by atoms with Gasteiger partial charge in [-0.05, 0) is 43.2 Å². The summed E-state index contributed by atoms with van der Waals surface area (Å²) in [6.45, 7) is 1.14. The van der Waals surface area contributed by atoms with Crippen LogP contribution in [-0.2, 0) is 14.8 Å². The number of carbonyl (C=O) groups is 2. The molecule has 2 amide bonds. The van der Waals surface area contributed by atoms with Gasteiger partial charge in [-0.1, -0.05) is 18.9 Å². The van der Waals surface area contributed by atoms with Gasteiger partial charge in [-0.2, -0.15) is 4.31 Å². The summed E-state index contributed by atoms with van der Waals surface area (Å²) < 4.78 is 27.4. The molecule has 1 saturated heterocycles. The van der Waals surface area contributed by atoms with E-state index >= 15 is 0 Å². The number of benzene rings is 1. The monoisotopic (exact) mass is 430 g/mol. The number of nitrogens with one attached hydrogen (secondary N) is 2. The summed E-state index contributed by atoms with van der Waals surface area (Å²) in [5, 5.41) is 5.35. The lowest BCUT2D eigenvalue weighted by atomic mass is 10.2. The Bertz CT molecular complexity index is 972. The number of sulfonamides is 1. The first-order valence-corrected chi connectivity index (χ1v) is 11.5. The first kappa shape index (κ1) is 21.9. The van der Waals surface area contributed by atoms with E-state index in [0.29, 0.717) is 18.8 Å². The summed E-state index contributed by atoms with van der Waals surface area (Å²) in [6.07, 6.45) is 6.99. The minimum atomic E-state index is -3.63. The second-order valence-corrected chi connectivity index (χ2v) is 9.08. The van der Waals surface area contributed by atoms with E-state index in [-0.39, 0.29) is 29.3 Å². The van der Waals surface area contributed by atoms with Crippen molar-refractivity contribution in [3.05, 3.63) is 54.4 Å². The molecule has 1 fully saturated rings. The molecule has 2 heterocycles. The minimum Gasteiger partial charge on any atom is -0.352 e. The first-order valence-electron chi connectivity index (χ1n) is 10.0. The predicted molar refractivity (Wildman–Crippen MR) is 113 cm³/mol. The maximum Gasteiger partial charge on any atom is 0.251 e. The number of carbonyl (C=O) groups excluding carboxylic acids is 2. The highest BCUT2D eigenvalue weighted by Crippen LogP contribution is 2.21. The lowest BCUT2D eigenvalue weighted by Gasteiger charge is -2.20. The molecular weight excluding hydrogens is 404 g/mol. The Morgan fingerprint density at radius 3 is 2.50 bits per heavy atom. The minimum absolute atomic E-state index is 0.0897. The van der Waals surface area contributed by atoms with E-state index in [2.05, 4.69) is 15.6 Å². The topological polar surface area (TPSA) is 108 Å². The zero-order valence-electron chi connectivity index (χ0n) is 16.7. The molecule has 0 radical (unpaired) electrons. The van der Waals surface area contributed by atoms with Crippen molar-refractivity contribution in [1.29, 1.82) is 0 Å².